The molecule has 0 bridgehead atoms. The zero-order valence-electron chi connectivity index (χ0n) is 14.4. The van der Waals surface area contributed by atoms with Crippen LogP contribution in [0.15, 0.2) is 30.3 Å². The van der Waals surface area contributed by atoms with E-state index in [2.05, 4.69) is 24.0 Å². The van der Waals surface area contributed by atoms with Gasteiger partial charge in [0.15, 0.2) is 0 Å². The highest BCUT2D eigenvalue weighted by atomic mass is 16.5. The van der Waals surface area contributed by atoms with Gasteiger partial charge in [0.2, 0.25) is 0 Å². The minimum atomic E-state index is -0.488. The van der Waals surface area contributed by atoms with E-state index in [-0.39, 0.29) is 5.97 Å². The Morgan fingerprint density at radius 2 is 1.83 bits per heavy atom. The topological polar surface area (TPSA) is 38.8 Å². The number of rotatable bonds is 8. The van der Waals surface area contributed by atoms with Crippen molar-refractivity contribution in [1.29, 1.82) is 0 Å². The quantitative estimate of drug-likeness (QED) is 0.545. The summed E-state index contributed by atoms with van der Waals surface area (Å²) in [6.45, 7) is 8.77. The molecule has 0 aliphatic carbocycles. The number of likely N-dealkylation sites (tertiary alicyclic amines) is 1. The first-order chi connectivity index (χ1) is 11.2. The van der Waals surface area contributed by atoms with Crippen LogP contribution in [0.5, 0.6) is 0 Å². The van der Waals surface area contributed by atoms with E-state index in [4.69, 9.17) is 9.47 Å². The number of ether oxygens (including phenoxy) is 2. The fraction of sp³-hybridized carbons (Fsp3) is 0.632. The molecule has 0 spiro atoms. The Morgan fingerprint density at radius 3 is 2.43 bits per heavy atom. The number of esters is 1. The van der Waals surface area contributed by atoms with Gasteiger partial charge in [0, 0.05) is 13.2 Å². The largest absolute Gasteiger partial charge is 0.465 e. The minimum absolute atomic E-state index is 0.0758. The van der Waals surface area contributed by atoms with Crippen LogP contribution in [-0.2, 0) is 19.7 Å². The molecule has 1 aromatic rings. The van der Waals surface area contributed by atoms with Gasteiger partial charge in [0.1, 0.15) is 0 Å². The Bertz CT molecular complexity index is 467. The summed E-state index contributed by atoms with van der Waals surface area (Å²) < 4.78 is 11.0. The fourth-order valence-corrected chi connectivity index (χ4v) is 3.24. The highest BCUT2D eigenvalue weighted by Gasteiger charge is 2.43. The molecule has 0 aromatic heterocycles. The molecule has 4 nitrogen and oxygen atoms in total. The number of piperidine rings is 1. The third kappa shape index (κ3) is 4.55. The second-order valence-corrected chi connectivity index (χ2v) is 6.12. The van der Waals surface area contributed by atoms with Crippen molar-refractivity contribution in [3.8, 4) is 0 Å². The number of carbonyl (C=O) groups is 1. The third-order valence-electron chi connectivity index (χ3n) is 4.60. The molecule has 128 valence electrons. The van der Waals surface area contributed by atoms with Crippen LogP contribution in [0.3, 0.4) is 0 Å². The lowest BCUT2D eigenvalue weighted by atomic mass is 9.72. The Hall–Kier alpha value is -1.39. The van der Waals surface area contributed by atoms with Crippen LogP contribution in [0.1, 0.15) is 38.7 Å². The summed E-state index contributed by atoms with van der Waals surface area (Å²) in [7, 11) is 0. The molecule has 0 saturated carbocycles. The molecule has 1 fully saturated rings. The Morgan fingerprint density at radius 1 is 1.13 bits per heavy atom. The van der Waals surface area contributed by atoms with Gasteiger partial charge in [-0.25, -0.2) is 0 Å². The standard InChI is InChI=1S/C19H29NO3/c1-3-15-22-16-14-20-12-10-19(11-13-20,18(21)23-4-2)17-8-6-5-7-9-17/h5-9H,3-4,10-16H2,1-2H3. The molecule has 0 atom stereocenters. The second kappa shape index (κ2) is 9.04. The van der Waals surface area contributed by atoms with Crippen molar-refractivity contribution >= 4 is 5.97 Å². The number of carbonyl (C=O) groups excluding carboxylic acids is 1. The third-order valence-corrected chi connectivity index (χ3v) is 4.60. The van der Waals surface area contributed by atoms with Crippen molar-refractivity contribution in [3.05, 3.63) is 35.9 Å². The number of nitrogens with zero attached hydrogens (tertiary/aromatic N) is 1. The summed E-state index contributed by atoms with van der Waals surface area (Å²) in [5.41, 5.74) is 0.596. The maximum absolute atomic E-state index is 12.7. The molecule has 1 heterocycles. The van der Waals surface area contributed by atoms with Crippen LogP contribution in [-0.4, -0.2) is 50.3 Å². The van der Waals surface area contributed by atoms with Gasteiger partial charge in [0.25, 0.3) is 0 Å². The van der Waals surface area contributed by atoms with Gasteiger partial charge in [-0.05, 0) is 44.8 Å². The monoisotopic (exact) mass is 319 g/mol. The predicted octanol–water partition coefficient (Wildman–Crippen LogP) is 3.01. The van der Waals surface area contributed by atoms with E-state index in [1.807, 2.05) is 25.1 Å². The SMILES string of the molecule is CCCOCCN1CCC(C(=O)OCC)(c2ccccc2)CC1. The van der Waals surface area contributed by atoms with E-state index < -0.39 is 5.41 Å². The first kappa shape index (κ1) is 18.0. The molecule has 0 unspecified atom stereocenters. The molecular formula is C19H29NO3. The molecule has 1 aliphatic heterocycles. The average molecular weight is 319 g/mol. The summed E-state index contributed by atoms with van der Waals surface area (Å²) >= 11 is 0. The first-order valence-corrected chi connectivity index (χ1v) is 8.75. The van der Waals surface area contributed by atoms with E-state index in [0.29, 0.717) is 6.61 Å². The summed E-state index contributed by atoms with van der Waals surface area (Å²) in [5.74, 6) is -0.0758. The maximum Gasteiger partial charge on any atom is 0.316 e. The van der Waals surface area contributed by atoms with Crippen molar-refractivity contribution < 1.29 is 14.3 Å². The van der Waals surface area contributed by atoms with Gasteiger partial charge >= 0.3 is 5.97 Å². The van der Waals surface area contributed by atoms with E-state index in [9.17, 15) is 4.79 Å². The molecule has 0 radical (unpaired) electrons. The van der Waals surface area contributed by atoms with Gasteiger partial charge in [-0.3, -0.25) is 4.79 Å². The number of benzene rings is 1. The Balaban J connectivity index is 2.00. The van der Waals surface area contributed by atoms with Crippen LogP contribution >= 0.6 is 0 Å². The van der Waals surface area contributed by atoms with Crippen LogP contribution < -0.4 is 0 Å². The molecular weight excluding hydrogens is 290 g/mol. The van der Waals surface area contributed by atoms with Gasteiger partial charge in [0.05, 0.1) is 18.6 Å². The lowest BCUT2D eigenvalue weighted by molar-refractivity contribution is -0.152. The molecule has 0 amide bonds. The van der Waals surface area contributed by atoms with Crippen LogP contribution in [0, 0.1) is 0 Å². The van der Waals surface area contributed by atoms with Crippen molar-refractivity contribution in [1.82, 2.24) is 4.90 Å². The van der Waals surface area contributed by atoms with Crippen molar-refractivity contribution in [2.45, 2.75) is 38.5 Å². The summed E-state index contributed by atoms with van der Waals surface area (Å²) in [6, 6.07) is 10.1. The normalized spacial score (nSPS) is 17.8. The molecule has 1 saturated heterocycles. The lowest BCUT2D eigenvalue weighted by Crippen LogP contribution is -2.48. The van der Waals surface area contributed by atoms with Gasteiger partial charge in [-0.2, -0.15) is 0 Å². The van der Waals surface area contributed by atoms with Crippen molar-refractivity contribution in [2.24, 2.45) is 0 Å². The summed E-state index contributed by atoms with van der Waals surface area (Å²) in [5, 5.41) is 0. The number of hydrogen-bond donors (Lipinski definition) is 0. The predicted molar refractivity (Wildman–Crippen MR) is 91.5 cm³/mol. The fourth-order valence-electron chi connectivity index (χ4n) is 3.24. The van der Waals surface area contributed by atoms with Crippen LogP contribution in [0.25, 0.3) is 0 Å². The van der Waals surface area contributed by atoms with Crippen LogP contribution in [0.2, 0.25) is 0 Å². The van der Waals surface area contributed by atoms with Crippen LogP contribution in [0.4, 0.5) is 0 Å². The lowest BCUT2D eigenvalue weighted by Gasteiger charge is -2.40. The zero-order chi connectivity index (χ0) is 16.5. The molecule has 1 aliphatic rings. The van der Waals surface area contributed by atoms with Gasteiger partial charge in [-0.15, -0.1) is 0 Å². The van der Waals surface area contributed by atoms with Crippen molar-refractivity contribution in [3.63, 3.8) is 0 Å². The second-order valence-electron chi connectivity index (χ2n) is 6.12. The van der Waals surface area contributed by atoms with E-state index in [1.165, 1.54) is 0 Å². The van der Waals surface area contributed by atoms with Gasteiger partial charge in [-0.1, -0.05) is 37.3 Å². The molecule has 4 heteroatoms. The number of hydrogen-bond acceptors (Lipinski definition) is 4. The Kier molecular flexibility index (Phi) is 7.06. The average Bonchev–Trinajstić information content (AvgIpc) is 2.60. The molecule has 23 heavy (non-hydrogen) atoms. The summed E-state index contributed by atoms with van der Waals surface area (Å²) in [4.78, 5) is 15.0. The zero-order valence-corrected chi connectivity index (χ0v) is 14.4. The van der Waals surface area contributed by atoms with Gasteiger partial charge < -0.3 is 14.4 Å². The smallest absolute Gasteiger partial charge is 0.316 e. The minimum Gasteiger partial charge on any atom is -0.465 e. The molecule has 2 rings (SSSR count). The highest BCUT2D eigenvalue weighted by molar-refractivity contribution is 5.83. The van der Waals surface area contributed by atoms with E-state index >= 15 is 0 Å². The van der Waals surface area contributed by atoms with Crippen molar-refractivity contribution in [2.75, 3.05) is 39.5 Å². The van der Waals surface area contributed by atoms with E-state index in [0.717, 1.165) is 57.7 Å². The molecule has 0 N–H and O–H groups in total. The first-order valence-electron chi connectivity index (χ1n) is 8.75. The highest BCUT2D eigenvalue weighted by Crippen LogP contribution is 2.36. The molecule has 1 aromatic carbocycles. The summed E-state index contributed by atoms with van der Waals surface area (Å²) in [6.07, 6.45) is 2.67. The Labute approximate surface area is 139 Å². The maximum atomic E-state index is 12.7. The van der Waals surface area contributed by atoms with E-state index in [1.54, 1.807) is 0 Å².